The second-order valence-corrected chi connectivity index (χ2v) is 24.0. The third kappa shape index (κ3) is 17.6. The molecule has 0 spiro atoms. The van der Waals surface area contributed by atoms with E-state index in [9.17, 15) is 55.0 Å². The second-order valence-electron chi connectivity index (χ2n) is 23.1. The number of halogens is 9. The van der Waals surface area contributed by atoms with Crippen LogP contribution in [0.1, 0.15) is 111 Å². The van der Waals surface area contributed by atoms with Crippen molar-refractivity contribution in [2.75, 3.05) is 47.1 Å². The molecule has 0 saturated heterocycles. The molecule has 90 heavy (non-hydrogen) atoms. The third-order valence-corrected chi connectivity index (χ3v) is 15.9. The van der Waals surface area contributed by atoms with Crippen molar-refractivity contribution in [1.29, 1.82) is 0 Å². The first-order valence-electron chi connectivity index (χ1n) is 28.9. The van der Waals surface area contributed by atoms with Gasteiger partial charge in [0.25, 0.3) is 0 Å². The maximum absolute atomic E-state index is 15.9. The number of anilines is 4. The van der Waals surface area contributed by atoms with Crippen molar-refractivity contribution in [3.8, 4) is 34.1 Å². The average molecular weight is 1330 g/mol. The predicted octanol–water partition coefficient (Wildman–Crippen LogP) is 13.0. The van der Waals surface area contributed by atoms with Gasteiger partial charge in [-0.1, -0.05) is 39.8 Å². The summed E-state index contributed by atoms with van der Waals surface area (Å²) < 4.78 is 135. The number of carbonyl (C=O) groups is 4. The minimum absolute atomic E-state index is 0.0594. The lowest BCUT2D eigenvalue weighted by Crippen LogP contribution is -2.43. The van der Waals surface area contributed by atoms with Crippen LogP contribution < -0.4 is 44.8 Å². The van der Waals surface area contributed by atoms with Crippen molar-refractivity contribution >= 4 is 75.0 Å². The molecule has 6 aromatic rings. The fourth-order valence-electron chi connectivity index (χ4n) is 11.1. The number of aromatic carboxylic acids is 2. The number of carboxylic acids is 2. The maximum atomic E-state index is 15.9. The van der Waals surface area contributed by atoms with Crippen LogP contribution in [0.5, 0.6) is 23.0 Å². The Balaban J connectivity index is 0.000000197. The van der Waals surface area contributed by atoms with Gasteiger partial charge in [0, 0.05) is 68.0 Å². The van der Waals surface area contributed by atoms with Crippen LogP contribution in [0.25, 0.3) is 11.1 Å². The molecule has 10 rings (SSSR count). The summed E-state index contributed by atoms with van der Waals surface area (Å²) in [5.74, 6) is -9.12. The lowest BCUT2D eigenvalue weighted by atomic mass is 9.77. The summed E-state index contributed by atoms with van der Waals surface area (Å²) in [4.78, 5) is 52.5. The molecule has 26 heteroatoms. The first kappa shape index (κ1) is 67.8. The van der Waals surface area contributed by atoms with Crippen molar-refractivity contribution in [3.63, 3.8) is 0 Å². The lowest BCUT2D eigenvalue weighted by Gasteiger charge is -2.40. The largest absolute Gasteiger partial charge is 0.489 e. The van der Waals surface area contributed by atoms with Gasteiger partial charge in [-0.05, 0) is 149 Å². The monoisotopic (exact) mass is 1320 g/mol. The van der Waals surface area contributed by atoms with Gasteiger partial charge in [0.05, 0.1) is 51.2 Å². The molecular formula is C64H66BBrF8N4O12. The molecule has 0 radical (unpaired) electrons. The zero-order valence-electron chi connectivity index (χ0n) is 49.4. The van der Waals surface area contributed by atoms with Crippen LogP contribution in [0, 0.1) is 35.1 Å². The molecule has 4 aliphatic rings. The van der Waals surface area contributed by atoms with E-state index < -0.39 is 60.1 Å². The van der Waals surface area contributed by atoms with Crippen molar-refractivity contribution < 1.29 is 93.5 Å². The fourth-order valence-corrected chi connectivity index (χ4v) is 11.4. The van der Waals surface area contributed by atoms with E-state index >= 15 is 4.39 Å². The number of alkyl halides is 4. The van der Waals surface area contributed by atoms with Crippen molar-refractivity contribution in [2.45, 2.75) is 116 Å². The minimum Gasteiger partial charge on any atom is -0.478 e. The van der Waals surface area contributed by atoms with Crippen LogP contribution in [0.2, 0.25) is 0 Å². The highest BCUT2D eigenvalue weighted by atomic mass is 79.9. The molecule has 2 aliphatic heterocycles. The molecule has 2 heterocycles. The molecule has 0 aromatic heterocycles. The first-order chi connectivity index (χ1) is 42.5. The summed E-state index contributed by atoms with van der Waals surface area (Å²) in [6.45, 7) is 9.11. The Labute approximate surface area is 522 Å². The highest BCUT2D eigenvalue weighted by molar-refractivity contribution is 9.10. The van der Waals surface area contributed by atoms with E-state index in [-0.39, 0.29) is 138 Å². The van der Waals surface area contributed by atoms with Gasteiger partial charge in [-0.3, -0.25) is 9.59 Å². The Morgan fingerprint density at radius 3 is 1.42 bits per heavy atom. The number of ether oxygens (including phenoxy) is 4. The van der Waals surface area contributed by atoms with Crippen LogP contribution in [-0.4, -0.2) is 102 Å². The number of amides is 2. The molecule has 16 nitrogen and oxygen atoms in total. The number of hydrogen-bond donors (Lipinski definition) is 6. The van der Waals surface area contributed by atoms with E-state index in [4.69, 9.17) is 34.1 Å². The zero-order chi connectivity index (χ0) is 65.4. The lowest BCUT2D eigenvalue weighted by molar-refractivity contribution is -0.116. The molecule has 2 amide bonds. The number of nitrogens with one attached hydrogen (secondary N) is 2. The number of nitrogens with zero attached hydrogens (tertiary/aromatic N) is 2. The number of benzene rings is 6. The molecule has 0 bridgehead atoms. The van der Waals surface area contributed by atoms with Crippen LogP contribution in [0.3, 0.4) is 0 Å². The molecule has 480 valence electrons. The van der Waals surface area contributed by atoms with Crippen molar-refractivity contribution in [3.05, 3.63) is 147 Å². The standard InChI is InChI=1S/C32H32F4N2O5.C25H28BrF3N2O3.C7H6BFO4/c1-18(2)16-38(21-7-9-32(35,36)10-8-21)27-15-25(34)24(23-13-20(33)4-5-22(23)31(40)41)14-26(27)37-30(39)12-19-3-6-28-29(11-19)43-17-42-28;1-15(2)13-31(17-5-7-25(28,29)8-6-17)21-12-19(27)18(26)11-20(21)30-24(32)10-16-3-4-22-23(9-16)34-14-33-22;9-4-1-2-5(7(10)11)6(3-4)8(12)13/h3-6,11,13-15,18,21H,7-10,12,16-17H2,1-2H3,(H,37,39)(H,40,41);3-4,9,11-12,15,17H,5-8,10,13-14H2,1-2H3,(H,30,32);1-3,12-13H,(H,10,11). The normalized spacial score (nSPS) is 15.5. The SMILES string of the molecule is CC(C)CN(c1cc(F)c(-c2cc(F)ccc2C(=O)O)cc1NC(=O)Cc1ccc2c(c1)OCO2)C1CCC(F)(F)CC1.CC(C)CN(c1cc(F)c(Br)cc1NC(=O)Cc1ccc2c(c1)OCO2)C1CCC(F)(F)CC1.O=C(O)c1ccc(F)cc1B(O)O. The molecule has 2 aliphatic carbocycles. The van der Waals surface area contributed by atoms with E-state index in [0.717, 1.165) is 48.0 Å². The van der Waals surface area contributed by atoms with Gasteiger partial charge in [0.15, 0.2) is 23.0 Å². The quantitative estimate of drug-likeness (QED) is 0.0349. The first-order valence-corrected chi connectivity index (χ1v) is 29.7. The Hall–Kier alpha value is -8.10. The van der Waals surface area contributed by atoms with E-state index in [1.807, 2.05) is 37.5 Å². The van der Waals surface area contributed by atoms with Crippen LogP contribution in [-0.2, 0) is 22.4 Å². The van der Waals surface area contributed by atoms with E-state index in [1.54, 1.807) is 36.4 Å². The molecule has 6 N–H and O–H groups in total. The topological polar surface area (TPSA) is 217 Å². The van der Waals surface area contributed by atoms with Gasteiger partial charge in [-0.2, -0.15) is 0 Å². The maximum Gasteiger partial charge on any atom is 0.489 e. The fraction of sp³-hybridized carbons (Fsp3) is 0.375. The number of carbonyl (C=O) groups excluding carboxylic acids is 2. The number of rotatable bonds is 18. The van der Waals surface area contributed by atoms with E-state index in [0.29, 0.717) is 65.9 Å². The van der Waals surface area contributed by atoms with Gasteiger partial charge >= 0.3 is 19.1 Å². The van der Waals surface area contributed by atoms with Crippen molar-refractivity contribution in [1.82, 2.24) is 0 Å². The Morgan fingerprint density at radius 2 is 0.978 bits per heavy atom. The molecule has 0 atom stereocenters. The van der Waals surface area contributed by atoms with Gasteiger partial charge in [-0.25, -0.2) is 44.7 Å². The Morgan fingerprint density at radius 1 is 0.556 bits per heavy atom. The smallest absolute Gasteiger partial charge is 0.478 e. The average Bonchev–Trinajstić information content (AvgIpc) is 1.10. The summed E-state index contributed by atoms with van der Waals surface area (Å²) in [7, 11) is -1.98. The number of hydrogen-bond acceptors (Lipinski definition) is 12. The summed E-state index contributed by atoms with van der Waals surface area (Å²) in [5, 5.41) is 41.4. The number of fused-ring (bicyclic) bond motifs is 2. The van der Waals surface area contributed by atoms with Gasteiger partial charge in [0.1, 0.15) is 23.3 Å². The van der Waals surface area contributed by atoms with E-state index in [1.165, 1.54) is 18.2 Å². The third-order valence-electron chi connectivity index (χ3n) is 15.3. The second kappa shape index (κ2) is 29.2. The highest BCUT2D eigenvalue weighted by Crippen LogP contribution is 2.44. The van der Waals surface area contributed by atoms with Gasteiger partial charge in [0.2, 0.25) is 37.2 Å². The highest BCUT2D eigenvalue weighted by Gasteiger charge is 2.40. The molecular weight excluding hydrogens is 1260 g/mol. The van der Waals surface area contributed by atoms with Crippen LogP contribution >= 0.6 is 15.9 Å². The summed E-state index contributed by atoms with van der Waals surface area (Å²) in [6.07, 6.45) is -0.0682. The van der Waals surface area contributed by atoms with Crippen LogP contribution in [0.15, 0.2) is 102 Å². The Bertz CT molecular complexity index is 3600. The predicted molar refractivity (Wildman–Crippen MR) is 325 cm³/mol. The summed E-state index contributed by atoms with van der Waals surface area (Å²) in [5.41, 5.74) is 1.33. The molecule has 2 saturated carbocycles. The minimum atomic E-state index is -2.78. The molecule has 6 aromatic carbocycles. The van der Waals surface area contributed by atoms with Crippen molar-refractivity contribution in [2.24, 2.45) is 11.8 Å². The van der Waals surface area contributed by atoms with Gasteiger partial charge < -0.3 is 59.6 Å². The Kier molecular flexibility index (Phi) is 22.0. The number of carboxylic acid groups (broad SMARTS) is 2. The summed E-state index contributed by atoms with van der Waals surface area (Å²) in [6, 6.07) is 20.9. The van der Waals surface area contributed by atoms with Gasteiger partial charge in [-0.15, -0.1) is 0 Å². The van der Waals surface area contributed by atoms with E-state index in [2.05, 4.69) is 26.6 Å². The van der Waals surface area contributed by atoms with Crippen LogP contribution in [0.4, 0.5) is 57.9 Å². The molecule has 2 fully saturated rings. The molecule has 0 unspecified atom stereocenters. The summed E-state index contributed by atoms with van der Waals surface area (Å²) >= 11 is 3.21. The zero-order valence-corrected chi connectivity index (χ0v) is 51.0.